The minimum atomic E-state index is -0.106. The zero-order valence-electron chi connectivity index (χ0n) is 12.1. The maximum absolute atomic E-state index is 5.47. The fourth-order valence-electron chi connectivity index (χ4n) is 2.32. The maximum Gasteiger partial charge on any atom is 0.0703 e. The SMILES string of the molecule is COC(C)(C)CC(C)Nc1ccc2ncccc2c1. The molecule has 2 aromatic rings. The van der Waals surface area contributed by atoms with E-state index >= 15 is 0 Å². The number of rotatable bonds is 5. The monoisotopic (exact) mass is 258 g/mol. The van der Waals surface area contributed by atoms with Crippen molar-refractivity contribution in [2.45, 2.75) is 38.8 Å². The summed E-state index contributed by atoms with van der Waals surface area (Å²) in [5.41, 5.74) is 2.04. The molecule has 0 saturated heterocycles. The Bertz CT molecular complexity index is 551. The average Bonchev–Trinajstić information content (AvgIpc) is 2.38. The van der Waals surface area contributed by atoms with Crippen LogP contribution in [0.3, 0.4) is 0 Å². The first-order valence-corrected chi connectivity index (χ1v) is 6.67. The molecular weight excluding hydrogens is 236 g/mol. The first kappa shape index (κ1) is 13.8. The van der Waals surface area contributed by atoms with Crippen LogP contribution in [0.15, 0.2) is 36.5 Å². The molecule has 1 N–H and O–H groups in total. The molecule has 1 aromatic heterocycles. The largest absolute Gasteiger partial charge is 0.382 e. The molecule has 0 bridgehead atoms. The van der Waals surface area contributed by atoms with Crippen molar-refractivity contribution < 1.29 is 4.74 Å². The molecule has 0 fully saturated rings. The van der Waals surface area contributed by atoms with Gasteiger partial charge in [0, 0.05) is 30.4 Å². The van der Waals surface area contributed by atoms with Gasteiger partial charge in [0.15, 0.2) is 0 Å². The van der Waals surface area contributed by atoms with Crippen LogP contribution in [-0.4, -0.2) is 23.7 Å². The predicted molar refractivity (Wildman–Crippen MR) is 80.5 cm³/mol. The number of pyridine rings is 1. The molecule has 102 valence electrons. The second-order valence-electron chi connectivity index (χ2n) is 5.62. The van der Waals surface area contributed by atoms with E-state index in [2.05, 4.69) is 49.3 Å². The Balaban J connectivity index is 2.08. The van der Waals surface area contributed by atoms with E-state index in [0.29, 0.717) is 6.04 Å². The Hall–Kier alpha value is -1.61. The summed E-state index contributed by atoms with van der Waals surface area (Å²) in [4.78, 5) is 4.33. The molecule has 19 heavy (non-hydrogen) atoms. The van der Waals surface area contributed by atoms with Crippen LogP contribution in [0.25, 0.3) is 10.9 Å². The Labute approximate surface area is 115 Å². The van der Waals surface area contributed by atoms with Crippen LogP contribution in [-0.2, 0) is 4.74 Å². The van der Waals surface area contributed by atoms with E-state index in [1.54, 1.807) is 7.11 Å². The number of fused-ring (bicyclic) bond motifs is 1. The molecule has 3 heteroatoms. The van der Waals surface area contributed by atoms with E-state index in [4.69, 9.17) is 4.74 Å². The molecule has 0 radical (unpaired) electrons. The summed E-state index contributed by atoms with van der Waals surface area (Å²) < 4.78 is 5.47. The van der Waals surface area contributed by atoms with E-state index in [-0.39, 0.29) is 5.60 Å². The van der Waals surface area contributed by atoms with Gasteiger partial charge in [-0.3, -0.25) is 4.98 Å². The topological polar surface area (TPSA) is 34.1 Å². The van der Waals surface area contributed by atoms with Crippen molar-refractivity contribution in [1.82, 2.24) is 4.98 Å². The normalized spacial score (nSPS) is 13.5. The number of methoxy groups -OCH3 is 1. The van der Waals surface area contributed by atoms with Gasteiger partial charge in [-0.1, -0.05) is 6.07 Å². The molecule has 1 heterocycles. The van der Waals surface area contributed by atoms with Crippen LogP contribution < -0.4 is 5.32 Å². The zero-order chi connectivity index (χ0) is 13.9. The minimum Gasteiger partial charge on any atom is -0.382 e. The molecular formula is C16H22N2O. The van der Waals surface area contributed by atoms with Gasteiger partial charge in [0.1, 0.15) is 0 Å². The zero-order valence-corrected chi connectivity index (χ0v) is 12.1. The second-order valence-corrected chi connectivity index (χ2v) is 5.62. The van der Waals surface area contributed by atoms with Crippen LogP contribution in [0.2, 0.25) is 0 Å². The molecule has 0 saturated carbocycles. The number of nitrogens with one attached hydrogen (secondary N) is 1. The van der Waals surface area contributed by atoms with Crippen LogP contribution in [0.5, 0.6) is 0 Å². The van der Waals surface area contributed by atoms with Crippen LogP contribution >= 0.6 is 0 Å². The van der Waals surface area contributed by atoms with Gasteiger partial charge in [-0.25, -0.2) is 0 Å². The average molecular weight is 258 g/mol. The van der Waals surface area contributed by atoms with E-state index in [1.165, 1.54) is 0 Å². The van der Waals surface area contributed by atoms with Crippen molar-refractivity contribution in [2.75, 3.05) is 12.4 Å². The molecule has 1 aromatic carbocycles. The number of aromatic nitrogens is 1. The van der Waals surface area contributed by atoms with Crippen molar-refractivity contribution in [2.24, 2.45) is 0 Å². The smallest absolute Gasteiger partial charge is 0.0703 e. The van der Waals surface area contributed by atoms with E-state index in [9.17, 15) is 0 Å². The second kappa shape index (κ2) is 5.57. The van der Waals surface area contributed by atoms with Gasteiger partial charge in [0.25, 0.3) is 0 Å². The Morgan fingerprint density at radius 1 is 1.32 bits per heavy atom. The van der Waals surface area contributed by atoms with Gasteiger partial charge in [0.2, 0.25) is 0 Å². The lowest BCUT2D eigenvalue weighted by Gasteiger charge is -2.27. The standard InChI is InChI=1S/C16H22N2O/c1-12(11-16(2,3)19-4)18-14-7-8-15-13(10-14)6-5-9-17-15/h5-10,12,18H,11H2,1-4H3. The summed E-state index contributed by atoms with van der Waals surface area (Å²) in [6.07, 6.45) is 2.77. The number of ether oxygens (including phenoxy) is 1. The lowest BCUT2D eigenvalue weighted by molar-refractivity contribution is 0.0128. The highest BCUT2D eigenvalue weighted by atomic mass is 16.5. The summed E-state index contributed by atoms with van der Waals surface area (Å²) in [5, 5.41) is 4.67. The molecule has 0 aliphatic rings. The van der Waals surface area contributed by atoms with Crippen molar-refractivity contribution in [1.29, 1.82) is 0 Å². The number of hydrogen-bond acceptors (Lipinski definition) is 3. The van der Waals surface area contributed by atoms with Crippen LogP contribution in [0.1, 0.15) is 27.2 Å². The number of anilines is 1. The molecule has 3 nitrogen and oxygen atoms in total. The number of nitrogens with zero attached hydrogens (tertiary/aromatic N) is 1. The summed E-state index contributed by atoms with van der Waals surface area (Å²) >= 11 is 0. The molecule has 1 atom stereocenters. The third-order valence-electron chi connectivity index (χ3n) is 3.37. The van der Waals surface area contributed by atoms with Gasteiger partial charge in [-0.05, 0) is 51.5 Å². The quantitative estimate of drug-likeness (QED) is 0.884. The number of hydrogen-bond donors (Lipinski definition) is 1. The third-order valence-corrected chi connectivity index (χ3v) is 3.37. The van der Waals surface area contributed by atoms with Crippen LogP contribution in [0.4, 0.5) is 5.69 Å². The number of benzene rings is 1. The van der Waals surface area contributed by atoms with Crippen molar-refractivity contribution in [3.05, 3.63) is 36.5 Å². The van der Waals surface area contributed by atoms with Crippen molar-refractivity contribution in [3.63, 3.8) is 0 Å². The van der Waals surface area contributed by atoms with Gasteiger partial charge >= 0.3 is 0 Å². The van der Waals surface area contributed by atoms with Gasteiger partial charge in [-0.2, -0.15) is 0 Å². The van der Waals surface area contributed by atoms with E-state index < -0.39 is 0 Å². The molecule has 0 spiro atoms. The van der Waals surface area contributed by atoms with Crippen LogP contribution in [0, 0.1) is 0 Å². The summed E-state index contributed by atoms with van der Waals surface area (Å²) in [6.45, 7) is 6.39. The minimum absolute atomic E-state index is 0.106. The highest BCUT2D eigenvalue weighted by Gasteiger charge is 2.19. The van der Waals surface area contributed by atoms with Gasteiger partial charge < -0.3 is 10.1 Å². The van der Waals surface area contributed by atoms with E-state index in [0.717, 1.165) is 23.0 Å². The predicted octanol–water partition coefficient (Wildman–Crippen LogP) is 3.85. The van der Waals surface area contributed by atoms with E-state index in [1.807, 2.05) is 18.3 Å². The summed E-state index contributed by atoms with van der Waals surface area (Å²) in [5.74, 6) is 0. The molecule has 0 aliphatic heterocycles. The van der Waals surface area contributed by atoms with Crippen molar-refractivity contribution in [3.8, 4) is 0 Å². The molecule has 0 aliphatic carbocycles. The van der Waals surface area contributed by atoms with Crippen molar-refractivity contribution >= 4 is 16.6 Å². The van der Waals surface area contributed by atoms with Gasteiger partial charge in [-0.15, -0.1) is 0 Å². The Kier molecular flexibility index (Phi) is 4.05. The summed E-state index contributed by atoms with van der Waals surface area (Å²) in [6, 6.07) is 10.7. The fourth-order valence-corrected chi connectivity index (χ4v) is 2.32. The lowest BCUT2D eigenvalue weighted by atomic mass is 9.99. The highest BCUT2D eigenvalue weighted by molar-refractivity contribution is 5.82. The first-order valence-electron chi connectivity index (χ1n) is 6.67. The Morgan fingerprint density at radius 2 is 2.11 bits per heavy atom. The Morgan fingerprint density at radius 3 is 2.84 bits per heavy atom. The lowest BCUT2D eigenvalue weighted by Crippen LogP contribution is -2.31. The highest BCUT2D eigenvalue weighted by Crippen LogP contribution is 2.21. The first-order chi connectivity index (χ1) is 9.00. The third kappa shape index (κ3) is 3.67. The molecule has 2 rings (SSSR count). The maximum atomic E-state index is 5.47. The fraction of sp³-hybridized carbons (Fsp3) is 0.438. The summed E-state index contributed by atoms with van der Waals surface area (Å²) in [7, 11) is 1.76. The van der Waals surface area contributed by atoms with Gasteiger partial charge in [0.05, 0.1) is 11.1 Å². The molecule has 1 unspecified atom stereocenters. The molecule has 0 amide bonds.